The Morgan fingerprint density at radius 2 is 1.47 bits per heavy atom. The molecule has 0 radical (unpaired) electrons. The van der Waals surface area contributed by atoms with Crippen LogP contribution in [0.2, 0.25) is 5.02 Å². The number of rotatable bonds is 6. The van der Waals surface area contributed by atoms with Crippen LogP contribution in [0, 0.1) is 0 Å². The van der Waals surface area contributed by atoms with Gasteiger partial charge in [-0.2, -0.15) is 5.10 Å². The summed E-state index contributed by atoms with van der Waals surface area (Å²) in [6.45, 7) is 0.388. The summed E-state index contributed by atoms with van der Waals surface area (Å²) in [6, 6.07) is 32.9. The largest absolute Gasteiger partial charge is 0.488 e. The van der Waals surface area contributed by atoms with Crippen LogP contribution in [-0.4, -0.2) is 12.1 Å². The van der Waals surface area contributed by atoms with E-state index in [9.17, 15) is 4.79 Å². The SMILES string of the molecule is O=C(N/N=C/c1c(OCc2ccc(Cl)cc2)ccc2ccccc12)c1cccc2ccccc12. The molecule has 0 saturated carbocycles. The Balaban J connectivity index is 1.41. The number of hydrazone groups is 1. The minimum absolute atomic E-state index is 0.267. The van der Waals surface area contributed by atoms with Gasteiger partial charge in [-0.05, 0) is 51.4 Å². The molecule has 34 heavy (non-hydrogen) atoms. The number of nitrogens with zero attached hydrogens (tertiary/aromatic N) is 1. The molecule has 1 N–H and O–H groups in total. The first-order valence-electron chi connectivity index (χ1n) is 10.9. The van der Waals surface area contributed by atoms with Gasteiger partial charge in [0.1, 0.15) is 12.4 Å². The first-order chi connectivity index (χ1) is 16.7. The van der Waals surface area contributed by atoms with E-state index in [0.29, 0.717) is 22.9 Å². The Labute approximate surface area is 202 Å². The maximum atomic E-state index is 12.9. The van der Waals surface area contributed by atoms with Gasteiger partial charge in [-0.15, -0.1) is 0 Å². The summed E-state index contributed by atoms with van der Waals surface area (Å²) in [5.41, 5.74) is 5.05. The number of nitrogens with one attached hydrogen (secondary N) is 1. The van der Waals surface area contributed by atoms with Crippen molar-refractivity contribution in [1.29, 1.82) is 0 Å². The maximum Gasteiger partial charge on any atom is 0.271 e. The molecule has 0 bridgehead atoms. The summed E-state index contributed by atoms with van der Waals surface area (Å²) in [6.07, 6.45) is 1.64. The molecule has 0 aliphatic rings. The smallest absolute Gasteiger partial charge is 0.271 e. The molecule has 0 fully saturated rings. The van der Waals surface area contributed by atoms with Gasteiger partial charge < -0.3 is 4.74 Å². The number of hydrogen-bond acceptors (Lipinski definition) is 3. The van der Waals surface area contributed by atoms with Crippen LogP contribution in [0.3, 0.4) is 0 Å². The van der Waals surface area contributed by atoms with Crippen molar-refractivity contribution >= 4 is 45.3 Å². The van der Waals surface area contributed by atoms with Gasteiger partial charge in [-0.1, -0.05) is 90.5 Å². The second-order valence-corrected chi connectivity index (χ2v) is 8.28. The molecule has 0 aliphatic carbocycles. The average Bonchev–Trinajstić information content (AvgIpc) is 2.88. The first kappa shape index (κ1) is 21.7. The van der Waals surface area contributed by atoms with Crippen molar-refractivity contribution in [2.24, 2.45) is 5.10 Å². The molecular formula is C29H21ClN2O2. The van der Waals surface area contributed by atoms with E-state index in [-0.39, 0.29) is 5.91 Å². The zero-order chi connectivity index (χ0) is 23.3. The van der Waals surface area contributed by atoms with Crippen LogP contribution in [0.25, 0.3) is 21.5 Å². The lowest BCUT2D eigenvalue weighted by atomic mass is 10.0. The molecule has 0 aromatic heterocycles. The van der Waals surface area contributed by atoms with E-state index >= 15 is 0 Å². The van der Waals surface area contributed by atoms with E-state index < -0.39 is 0 Å². The molecule has 0 heterocycles. The van der Waals surface area contributed by atoms with E-state index in [1.165, 1.54) is 0 Å². The molecule has 0 spiro atoms. The van der Waals surface area contributed by atoms with Crippen LogP contribution >= 0.6 is 11.6 Å². The van der Waals surface area contributed by atoms with Crippen LogP contribution in [-0.2, 0) is 6.61 Å². The third-order valence-electron chi connectivity index (χ3n) is 5.63. The van der Waals surface area contributed by atoms with Gasteiger partial charge in [0, 0.05) is 16.1 Å². The lowest BCUT2D eigenvalue weighted by Crippen LogP contribution is -2.18. The number of fused-ring (bicyclic) bond motifs is 2. The van der Waals surface area contributed by atoms with E-state index in [1.54, 1.807) is 12.3 Å². The minimum Gasteiger partial charge on any atom is -0.488 e. The summed E-state index contributed by atoms with van der Waals surface area (Å²) >= 11 is 5.99. The summed E-state index contributed by atoms with van der Waals surface area (Å²) in [5, 5.41) is 8.90. The van der Waals surface area contributed by atoms with E-state index in [2.05, 4.69) is 10.5 Å². The van der Waals surface area contributed by atoms with Crippen molar-refractivity contribution in [2.45, 2.75) is 6.61 Å². The molecule has 4 nitrogen and oxygen atoms in total. The Morgan fingerprint density at radius 3 is 2.26 bits per heavy atom. The number of ether oxygens (including phenoxy) is 1. The van der Waals surface area contributed by atoms with Crippen LogP contribution < -0.4 is 10.2 Å². The average molecular weight is 465 g/mol. The van der Waals surface area contributed by atoms with Crippen molar-refractivity contribution in [2.75, 3.05) is 0 Å². The zero-order valence-corrected chi connectivity index (χ0v) is 19.0. The zero-order valence-electron chi connectivity index (χ0n) is 18.2. The summed E-state index contributed by atoms with van der Waals surface area (Å²) in [4.78, 5) is 12.9. The highest BCUT2D eigenvalue weighted by molar-refractivity contribution is 6.30. The Kier molecular flexibility index (Phi) is 6.23. The first-order valence-corrected chi connectivity index (χ1v) is 11.3. The molecular weight excluding hydrogens is 444 g/mol. The fourth-order valence-electron chi connectivity index (χ4n) is 3.92. The summed E-state index contributed by atoms with van der Waals surface area (Å²) in [7, 11) is 0. The Hall–Kier alpha value is -4.15. The third-order valence-corrected chi connectivity index (χ3v) is 5.88. The van der Waals surface area contributed by atoms with Crippen LogP contribution in [0.15, 0.2) is 108 Å². The van der Waals surface area contributed by atoms with Gasteiger partial charge in [-0.25, -0.2) is 5.43 Å². The van der Waals surface area contributed by atoms with Crippen LogP contribution in [0.4, 0.5) is 0 Å². The van der Waals surface area contributed by atoms with Crippen LogP contribution in [0.1, 0.15) is 21.5 Å². The number of carbonyl (C=O) groups is 1. The molecule has 1 amide bonds. The highest BCUT2D eigenvalue weighted by Gasteiger charge is 2.10. The van der Waals surface area contributed by atoms with Gasteiger partial charge in [-0.3, -0.25) is 4.79 Å². The Morgan fingerprint density at radius 1 is 0.794 bits per heavy atom. The van der Waals surface area contributed by atoms with Crippen molar-refractivity contribution in [3.63, 3.8) is 0 Å². The fourth-order valence-corrected chi connectivity index (χ4v) is 4.04. The quantitative estimate of drug-likeness (QED) is 0.217. The molecule has 0 atom stereocenters. The van der Waals surface area contributed by atoms with Gasteiger partial charge in [0.15, 0.2) is 0 Å². The van der Waals surface area contributed by atoms with Crippen molar-refractivity contribution in [3.05, 3.63) is 125 Å². The van der Waals surface area contributed by atoms with Crippen LogP contribution in [0.5, 0.6) is 5.75 Å². The normalized spacial score (nSPS) is 11.2. The van der Waals surface area contributed by atoms with Gasteiger partial charge >= 0.3 is 0 Å². The van der Waals surface area contributed by atoms with E-state index in [0.717, 1.165) is 32.7 Å². The second kappa shape index (κ2) is 9.77. The lowest BCUT2D eigenvalue weighted by molar-refractivity contribution is 0.0957. The van der Waals surface area contributed by atoms with E-state index in [1.807, 2.05) is 97.1 Å². The maximum absolute atomic E-state index is 12.9. The van der Waals surface area contributed by atoms with Crippen molar-refractivity contribution < 1.29 is 9.53 Å². The molecule has 5 rings (SSSR count). The Bertz CT molecular complexity index is 1510. The molecule has 5 aromatic rings. The number of amides is 1. The highest BCUT2D eigenvalue weighted by atomic mass is 35.5. The number of halogens is 1. The second-order valence-electron chi connectivity index (χ2n) is 7.84. The van der Waals surface area contributed by atoms with Gasteiger partial charge in [0.2, 0.25) is 0 Å². The van der Waals surface area contributed by atoms with Crippen molar-refractivity contribution in [1.82, 2.24) is 5.43 Å². The highest BCUT2D eigenvalue weighted by Crippen LogP contribution is 2.27. The predicted molar refractivity (Wildman–Crippen MR) is 139 cm³/mol. The minimum atomic E-state index is -0.267. The van der Waals surface area contributed by atoms with Gasteiger partial charge in [0.25, 0.3) is 5.91 Å². The fraction of sp³-hybridized carbons (Fsp3) is 0.0345. The summed E-state index contributed by atoms with van der Waals surface area (Å²) in [5.74, 6) is 0.411. The van der Waals surface area contributed by atoms with Crippen molar-refractivity contribution in [3.8, 4) is 5.75 Å². The number of carbonyl (C=O) groups excluding carboxylic acids is 1. The molecule has 5 aromatic carbocycles. The molecule has 0 saturated heterocycles. The lowest BCUT2D eigenvalue weighted by Gasteiger charge is -2.12. The van der Waals surface area contributed by atoms with Gasteiger partial charge in [0.05, 0.1) is 6.21 Å². The third kappa shape index (κ3) is 4.63. The molecule has 166 valence electrons. The molecule has 5 heteroatoms. The summed E-state index contributed by atoms with van der Waals surface area (Å²) < 4.78 is 6.12. The monoisotopic (exact) mass is 464 g/mol. The molecule has 0 unspecified atom stereocenters. The molecule has 0 aliphatic heterocycles. The topological polar surface area (TPSA) is 50.7 Å². The number of benzene rings is 5. The standard InChI is InChI=1S/C29H21ClN2O2/c30-23-15-12-20(13-16-23)19-34-28-17-14-22-7-2-4-10-25(22)27(28)18-31-32-29(33)26-11-5-8-21-6-1-3-9-24(21)26/h1-18H,19H2,(H,32,33)/b31-18+. The predicted octanol–water partition coefficient (Wildman–Crippen LogP) is 6.99. The van der Waals surface area contributed by atoms with E-state index in [4.69, 9.17) is 16.3 Å². The number of hydrogen-bond donors (Lipinski definition) is 1.